The van der Waals surface area contributed by atoms with Crippen molar-refractivity contribution < 1.29 is 14.3 Å². The highest BCUT2D eigenvalue weighted by Crippen LogP contribution is 2.15. The number of ether oxygens (including phenoxy) is 1. The van der Waals surface area contributed by atoms with Gasteiger partial charge in [-0.25, -0.2) is 0 Å². The summed E-state index contributed by atoms with van der Waals surface area (Å²) in [5.41, 5.74) is 2.00. The van der Waals surface area contributed by atoms with E-state index in [0.29, 0.717) is 0 Å². The molecule has 1 atom stereocenters. The van der Waals surface area contributed by atoms with E-state index in [4.69, 9.17) is 4.74 Å². The van der Waals surface area contributed by atoms with Gasteiger partial charge < -0.3 is 10.1 Å². The van der Waals surface area contributed by atoms with Crippen molar-refractivity contribution >= 4 is 29.3 Å². The molecule has 4 nitrogen and oxygen atoms in total. The first-order valence-electron chi connectivity index (χ1n) is 7.13. The molecule has 1 rings (SSSR count). The summed E-state index contributed by atoms with van der Waals surface area (Å²) in [7, 11) is 0. The Labute approximate surface area is 130 Å². The van der Waals surface area contributed by atoms with Gasteiger partial charge >= 0.3 is 5.97 Å². The molecule has 0 heterocycles. The van der Waals surface area contributed by atoms with Crippen molar-refractivity contribution in [2.45, 2.75) is 45.5 Å². The molecule has 0 aromatic heterocycles. The van der Waals surface area contributed by atoms with Crippen molar-refractivity contribution in [3.8, 4) is 0 Å². The third kappa shape index (κ3) is 6.67. The number of esters is 1. The van der Waals surface area contributed by atoms with Crippen LogP contribution in [0.4, 0.5) is 5.69 Å². The van der Waals surface area contributed by atoms with E-state index >= 15 is 0 Å². The van der Waals surface area contributed by atoms with Gasteiger partial charge in [-0.05, 0) is 44.9 Å². The summed E-state index contributed by atoms with van der Waals surface area (Å²) in [4.78, 5) is 23.5. The molecule has 5 heteroatoms. The predicted molar refractivity (Wildman–Crippen MR) is 87.6 cm³/mol. The molecule has 1 aromatic carbocycles. The number of aryl methyl sites for hydroxylation is 1. The number of hydrogen-bond donors (Lipinski definition) is 1. The number of rotatable bonds is 7. The lowest BCUT2D eigenvalue weighted by atomic mass is 10.1. The van der Waals surface area contributed by atoms with Gasteiger partial charge in [0.05, 0.1) is 17.1 Å². The van der Waals surface area contributed by atoms with Crippen molar-refractivity contribution in [1.82, 2.24) is 0 Å². The van der Waals surface area contributed by atoms with Crippen molar-refractivity contribution in [3.05, 3.63) is 29.8 Å². The monoisotopic (exact) mass is 309 g/mol. The van der Waals surface area contributed by atoms with Crippen LogP contribution in [0, 0.1) is 0 Å². The van der Waals surface area contributed by atoms with Gasteiger partial charge in [-0.3, -0.25) is 9.59 Å². The smallest absolute Gasteiger partial charge is 0.316 e. The van der Waals surface area contributed by atoms with Gasteiger partial charge in [-0.2, -0.15) is 0 Å². The Morgan fingerprint density at radius 1 is 1.19 bits per heavy atom. The fraction of sp³-hybridized carbons (Fsp3) is 0.500. The minimum Gasteiger partial charge on any atom is -0.462 e. The lowest BCUT2D eigenvalue weighted by Crippen LogP contribution is -2.24. The summed E-state index contributed by atoms with van der Waals surface area (Å²) in [5.74, 6) is -0.217. The summed E-state index contributed by atoms with van der Waals surface area (Å²) in [5, 5.41) is 2.54. The minimum atomic E-state index is -0.310. The molecule has 0 saturated carbocycles. The number of nitrogens with one attached hydrogen (secondary N) is 1. The second kappa shape index (κ2) is 8.72. The van der Waals surface area contributed by atoms with E-state index in [1.807, 2.05) is 24.3 Å². The van der Waals surface area contributed by atoms with Crippen LogP contribution in [0.5, 0.6) is 0 Å². The maximum absolute atomic E-state index is 12.0. The molecule has 1 unspecified atom stereocenters. The molecule has 1 aromatic rings. The van der Waals surface area contributed by atoms with Crippen LogP contribution in [-0.4, -0.2) is 29.0 Å². The highest BCUT2D eigenvalue weighted by Gasteiger charge is 2.16. The maximum atomic E-state index is 12.0. The van der Waals surface area contributed by atoms with E-state index in [1.54, 1.807) is 20.8 Å². The van der Waals surface area contributed by atoms with Crippen LogP contribution < -0.4 is 5.32 Å². The first kappa shape index (κ1) is 17.6. The number of carbonyl (C=O) groups excluding carboxylic acids is 2. The molecule has 0 radical (unpaired) electrons. The number of hydrogen-bond acceptors (Lipinski definition) is 4. The fourth-order valence-corrected chi connectivity index (χ4v) is 2.30. The summed E-state index contributed by atoms with van der Waals surface area (Å²) >= 11 is 1.27. The molecule has 116 valence electrons. The number of thioether (sulfide) groups is 1. The Balaban J connectivity index is 2.41. The average molecular weight is 309 g/mol. The highest BCUT2D eigenvalue weighted by atomic mass is 32.2. The first-order chi connectivity index (χ1) is 9.92. The van der Waals surface area contributed by atoms with Crippen LogP contribution in [0.2, 0.25) is 0 Å². The summed E-state index contributed by atoms with van der Waals surface area (Å²) in [6.07, 6.45) is 0.845. The molecule has 21 heavy (non-hydrogen) atoms. The lowest BCUT2D eigenvalue weighted by Gasteiger charge is -2.13. The van der Waals surface area contributed by atoms with E-state index < -0.39 is 0 Å². The van der Waals surface area contributed by atoms with Gasteiger partial charge in [0.2, 0.25) is 5.91 Å². The molecule has 0 saturated heterocycles. The molecular formula is C16H23NO3S. The Bertz CT molecular complexity index is 471. The molecule has 0 aliphatic carbocycles. The van der Waals surface area contributed by atoms with E-state index in [2.05, 4.69) is 12.2 Å². The normalized spacial score (nSPS) is 12.0. The van der Waals surface area contributed by atoms with E-state index in [9.17, 15) is 9.59 Å². The molecule has 0 aliphatic rings. The maximum Gasteiger partial charge on any atom is 0.316 e. The Hall–Kier alpha value is -1.49. The fourth-order valence-electron chi connectivity index (χ4n) is 1.63. The van der Waals surface area contributed by atoms with Crippen molar-refractivity contribution in [1.29, 1.82) is 0 Å². The van der Waals surface area contributed by atoms with Crippen LogP contribution in [0.15, 0.2) is 24.3 Å². The van der Waals surface area contributed by atoms with Gasteiger partial charge in [-0.15, -0.1) is 11.8 Å². The molecule has 0 aliphatic heterocycles. The SMILES string of the molecule is CCc1ccc(NC(=O)C(C)SCC(=O)OC(C)C)cc1. The van der Waals surface area contributed by atoms with Crippen LogP contribution in [-0.2, 0) is 20.7 Å². The van der Waals surface area contributed by atoms with Crippen molar-refractivity contribution in [2.24, 2.45) is 0 Å². The first-order valence-corrected chi connectivity index (χ1v) is 8.18. The number of carbonyl (C=O) groups is 2. The van der Waals surface area contributed by atoms with E-state index in [-0.39, 0.29) is 29.0 Å². The van der Waals surface area contributed by atoms with E-state index in [1.165, 1.54) is 17.3 Å². The van der Waals surface area contributed by atoms with Gasteiger partial charge in [0.25, 0.3) is 0 Å². The van der Waals surface area contributed by atoms with Crippen LogP contribution >= 0.6 is 11.8 Å². The standard InChI is InChI=1S/C16H23NO3S/c1-5-13-6-8-14(9-7-13)17-16(19)12(4)21-10-15(18)20-11(2)3/h6-9,11-12H,5,10H2,1-4H3,(H,17,19). The number of amides is 1. The topological polar surface area (TPSA) is 55.4 Å². The van der Waals surface area contributed by atoms with Gasteiger partial charge in [0, 0.05) is 5.69 Å². The highest BCUT2D eigenvalue weighted by molar-refractivity contribution is 8.01. The zero-order valence-electron chi connectivity index (χ0n) is 13.0. The molecular weight excluding hydrogens is 286 g/mol. The summed E-state index contributed by atoms with van der Waals surface area (Å²) in [6, 6.07) is 7.77. The largest absolute Gasteiger partial charge is 0.462 e. The molecule has 1 amide bonds. The third-order valence-electron chi connectivity index (χ3n) is 2.82. The second-order valence-electron chi connectivity index (χ2n) is 5.03. The van der Waals surface area contributed by atoms with Crippen molar-refractivity contribution in [3.63, 3.8) is 0 Å². The quantitative estimate of drug-likeness (QED) is 0.786. The predicted octanol–water partition coefficient (Wildman–Crippen LogP) is 3.26. The zero-order valence-corrected chi connectivity index (χ0v) is 13.8. The number of anilines is 1. The van der Waals surface area contributed by atoms with Crippen LogP contribution in [0.25, 0.3) is 0 Å². The average Bonchev–Trinajstić information content (AvgIpc) is 2.44. The second-order valence-corrected chi connectivity index (χ2v) is 6.36. The Kier molecular flexibility index (Phi) is 7.29. The number of benzene rings is 1. The Morgan fingerprint density at radius 3 is 2.33 bits per heavy atom. The summed E-state index contributed by atoms with van der Waals surface area (Å²) in [6.45, 7) is 7.48. The van der Waals surface area contributed by atoms with Crippen LogP contribution in [0.1, 0.15) is 33.3 Å². The van der Waals surface area contributed by atoms with E-state index in [0.717, 1.165) is 12.1 Å². The van der Waals surface area contributed by atoms with Crippen molar-refractivity contribution in [2.75, 3.05) is 11.1 Å². The van der Waals surface area contributed by atoms with Gasteiger partial charge in [-0.1, -0.05) is 19.1 Å². The lowest BCUT2D eigenvalue weighted by molar-refractivity contribution is -0.144. The zero-order chi connectivity index (χ0) is 15.8. The van der Waals surface area contributed by atoms with Gasteiger partial charge in [0.1, 0.15) is 0 Å². The Morgan fingerprint density at radius 2 is 1.81 bits per heavy atom. The van der Waals surface area contributed by atoms with Gasteiger partial charge in [0.15, 0.2) is 0 Å². The molecule has 0 spiro atoms. The molecule has 0 bridgehead atoms. The minimum absolute atomic E-state index is 0.110. The molecule has 0 fully saturated rings. The van der Waals surface area contributed by atoms with Crippen LogP contribution in [0.3, 0.4) is 0 Å². The summed E-state index contributed by atoms with van der Waals surface area (Å²) < 4.78 is 5.03. The third-order valence-corrected chi connectivity index (χ3v) is 3.93. The molecule has 1 N–H and O–H groups in total.